The number of likely N-dealkylation sites (tertiary alicyclic amines) is 1. The maximum Gasteiger partial charge on any atom is 0.253 e. The van der Waals surface area contributed by atoms with Crippen molar-refractivity contribution in [1.29, 1.82) is 5.26 Å². The topological polar surface area (TPSA) is 85.2 Å². The molecule has 1 unspecified atom stereocenters. The minimum Gasteiger partial charge on any atom is -0.376 e. The predicted molar refractivity (Wildman–Crippen MR) is 97.1 cm³/mol. The first kappa shape index (κ1) is 18.8. The molecular weight excluding hydrogens is 316 g/mol. The van der Waals surface area contributed by atoms with Gasteiger partial charge in [0.15, 0.2) is 0 Å². The molecule has 1 heterocycles. The highest BCUT2D eigenvalue weighted by molar-refractivity contribution is 5.94. The summed E-state index contributed by atoms with van der Waals surface area (Å²) in [6, 6.07) is 9.28. The quantitative estimate of drug-likeness (QED) is 0.831. The molecule has 1 aliphatic heterocycles. The molecule has 0 aromatic heterocycles. The van der Waals surface area contributed by atoms with Crippen molar-refractivity contribution in [3.63, 3.8) is 0 Å². The zero-order valence-electron chi connectivity index (χ0n) is 15.1. The first-order chi connectivity index (χ1) is 11.9. The molecule has 0 saturated carbocycles. The van der Waals surface area contributed by atoms with Crippen molar-refractivity contribution in [2.24, 2.45) is 5.92 Å². The van der Waals surface area contributed by atoms with E-state index in [9.17, 15) is 14.9 Å². The van der Waals surface area contributed by atoms with Gasteiger partial charge in [-0.05, 0) is 49.9 Å². The number of rotatable bonds is 6. The highest BCUT2D eigenvalue weighted by Gasteiger charge is 2.29. The van der Waals surface area contributed by atoms with Crippen LogP contribution in [0.25, 0.3) is 0 Å². The van der Waals surface area contributed by atoms with E-state index in [0.29, 0.717) is 5.56 Å². The second-order valence-corrected chi connectivity index (χ2v) is 6.95. The molecule has 2 rings (SSSR count). The molecule has 1 aliphatic rings. The van der Waals surface area contributed by atoms with Crippen LogP contribution in [0.3, 0.4) is 0 Å². The summed E-state index contributed by atoms with van der Waals surface area (Å²) in [5.41, 5.74) is 0.537. The number of nitriles is 1. The Morgan fingerprint density at radius 3 is 2.36 bits per heavy atom. The van der Waals surface area contributed by atoms with Gasteiger partial charge < -0.3 is 15.5 Å². The van der Waals surface area contributed by atoms with Gasteiger partial charge in [0.2, 0.25) is 5.91 Å². The molecule has 2 amide bonds. The molecule has 6 nitrogen and oxygen atoms in total. The molecule has 134 valence electrons. The Morgan fingerprint density at radius 2 is 1.84 bits per heavy atom. The number of nitrogens with one attached hydrogen (secondary N) is 2. The summed E-state index contributed by atoms with van der Waals surface area (Å²) in [7, 11) is 0. The van der Waals surface area contributed by atoms with E-state index in [-0.39, 0.29) is 24.3 Å². The molecule has 0 bridgehead atoms. The standard InChI is InChI=1S/C19H26N4O2/c1-14(2)19(3,13-20)22-17(24)12-21-16-8-6-15(7-9-16)18(25)23-10-4-5-11-23/h6-9,14,21H,4-5,10-12H2,1-3H3,(H,22,24). The van der Waals surface area contributed by atoms with Gasteiger partial charge >= 0.3 is 0 Å². The summed E-state index contributed by atoms with van der Waals surface area (Å²) in [6.07, 6.45) is 2.14. The van der Waals surface area contributed by atoms with E-state index in [1.807, 2.05) is 18.7 Å². The first-order valence-electron chi connectivity index (χ1n) is 8.71. The van der Waals surface area contributed by atoms with Crippen LogP contribution < -0.4 is 10.6 Å². The van der Waals surface area contributed by atoms with Gasteiger partial charge in [-0.1, -0.05) is 13.8 Å². The lowest BCUT2D eigenvalue weighted by Gasteiger charge is -2.27. The Hall–Kier alpha value is -2.55. The van der Waals surface area contributed by atoms with Gasteiger partial charge in [-0.2, -0.15) is 5.26 Å². The van der Waals surface area contributed by atoms with Crippen LogP contribution in [0.1, 0.15) is 44.0 Å². The molecule has 1 aromatic rings. The van der Waals surface area contributed by atoms with Crippen molar-refractivity contribution in [2.75, 3.05) is 25.0 Å². The number of carbonyl (C=O) groups excluding carboxylic acids is 2. The lowest BCUT2D eigenvalue weighted by Crippen LogP contribution is -2.50. The average molecular weight is 342 g/mol. The number of carbonyl (C=O) groups is 2. The van der Waals surface area contributed by atoms with Crippen LogP contribution in [0.4, 0.5) is 5.69 Å². The number of nitrogens with zero attached hydrogens (tertiary/aromatic N) is 2. The maximum absolute atomic E-state index is 12.3. The Kier molecular flexibility index (Phi) is 6.02. The van der Waals surface area contributed by atoms with Crippen LogP contribution in [0, 0.1) is 17.2 Å². The number of amides is 2. The molecule has 1 fully saturated rings. The Labute approximate surface area is 149 Å². The van der Waals surface area contributed by atoms with E-state index in [0.717, 1.165) is 31.6 Å². The molecule has 0 spiro atoms. The zero-order chi connectivity index (χ0) is 18.4. The van der Waals surface area contributed by atoms with Crippen LogP contribution in [0.15, 0.2) is 24.3 Å². The first-order valence-corrected chi connectivity index (χ1v) is 8.71. The van der Waals surface area contributed by atoms with E-state index < -0.39 is 5.54 Å². The second-order valence-electron chi connectivity index (χ2n) is 6.95. The Morgan fingerprint density at radius 1 is 1.24 bits per heavy atom. The molecular formula is C19H26N4O2. The van der Waals surface area contributed by atoms with E-state index in [2.05, 4.69) is 16.7 Å². The van der Waals surface area contributed by atoms with Crippen LogP contribution in [0.5, 0.6) is 0 Å². The minimum atomic E-state index is -0.884. The van der Waals surface area contributed by atoms with Gasteiger partial charge in [-0.15, -0.1) is 0 Å². The smallest absolute Gasteiger partial charge is 0.253 e. The van der Waals surface area contributed by atoms with Gasteiger partial charge in [0.1, 0.15) is 5.54 Å². The number of anilines is 1. The summed E-state index contributed by atoms with van der Waals surface area (Å²) >= 11 is 0. The molecule has 0 radical (unpaired) electrons. The second kappa shape index (κ2) is 8.02. The monoisotopic (exact) mass is 342 g/mol. The zero-order valence-corrected chi connectivity index (χ0v) is 15.1. The third-order valence-corrected chi connectivity index (χ3v) is 4.76. The van der Waals surface area contributed by atoms with Crippen molar-refractivity contribution < 1.29 is 9.59 Å². The Balaban J connectivity index is 1.88. The van der Waals surface area contributed by atoms with Crippen molar-refractivity contribution in [2.45, 2.75) is 39.2 Å². The summed E-state index contributed by atoms with van der Waals surface area (Å²) in [5, 5.41) is 15.0. The van der Waals surface area contributed by atoms with Gasteiger partial charge in [0, 0.05) is 24.3 Å². The summed E-state index contributed by atoms with van der Waals surface area (Å²) in [4.78, 5) is 26.2. The van der Waals surface area contributed by atoms with E-state index in [1.54, 1.807) is 31.2 Å². The van der Waals surface area contributed by atoms with Crippen molar-refractivity contribution >= 4 is 17.5 Å². The van der Waals surface area contributed by atoms with Crippen molar-refractivity contribution in [1.82, 2.24) is 10.2 Å². The number of hydrogen-bond acceptors (Lipinski definition) is 4. The maximum atomic E-state index is 12.3. The normalized spacial score (nSPS) is 16.2. The van der Waals surface area contributed by atoms with E-state index >= 15 is 0 Å². The average Bonchev–Trinajstić information content (AvgIpc) is 3.14. The fourth-order valence-corrected chi connectivity index (χ4v) is 2.65. The largest absolute Gasteiger partial charge is 0.376 e. The molecule has 25 heavy (non-hydrogen) atoms. The highest BCUT2D eigenvalue weighted by atomic mass is 16.2. The van der Waals surface area contributed by atoms with Gasteiger partial charge in [0.05, 0.1) is 12.6 Å². The molecule has 2 N–H and O–H groups in total. The lowest BCUT2D eigenvalue weighted by atomic mass is 9.90. The summed E-state index contributed by atoms with van der Waals surface area (Å²) in [5.74, 6) is -0.171. The Bertz CT molecular complexity index is 657. The van der Waals surface area contributed by atoms with Gasteiger partial charge in [-0.25, -0.2) is 0 Å². The third kappa shape index (κ3) is 4.72. The summed E-state index contributed by atoms with van der Waals surface area (Å²) < 4.78 is 0. The van der Waals surface area contributed by atoms with Crippen LogP contribution in [-0.4, -0.2) is 41.9 Å². The van der Waals surface area contributed by atoms with Crippen LogP contribution >= 0.6 is 0 Å². The molecule has 1 aromatic carbocycles. The number of benzene rings is 1. The molecule has 1 atom stereocenters. The van der Waals surface area contributed by atoms with Crippen LogP contribution in [0.2, 0.25) is 0 Å². The van der Waals surface area contributed by atoms with Crippen molar-refractivity contribution in [3.8, 4) is 6.07 Å². The lowest BCUT2D eigenvalue weighted by molar-refractivity contribution is -0.121. The number of hydrogen-bond donors (Lipinski definition) is 2. The minimum absolute atomic E-state index is 0.0114. The summed E-state index contributed by atoms with van der Waals surface area (Å²) in [6.45, 7) is 7.23. The SMILES string of the molecule is CC(C)C(C)(C#N)NC(=O)CNc1ccc(C(=O)N2CCCC2)cc1. The van der Waals surface area contributed by atoms with Gasteiger partial charge in [-0.3, -0.25) is 9.59 Å². The van der Waals surface area contributed by atoms with Crippen LogP contribution in [-0.2, 0) is 4.79 Å². The molecule has 1 saturated heterocycles. The predicted octanol–water partition coefficient (Wildman–Crippen LogP) is 2.39. The van der Waals surface area contributed by atoms with Gasteiger partial charge in [0.25, 0.3) is 5.91 Å². The van der Waals surface area contributed by atoms with E-state index in [1.165, 1.54) is 0 Å². The fraction of sp³-hybridized carbons (Fsp3) is 0.526. The van der Waals surface area contributed by atoms with E-state index in [4.69, 9.17) is 0 Å². The highest BCUT2D eigenvalue weighted by Crippen LogP contribution is 2.16. The third-order valence-electron chi connectivity index (χ3n) is 4.76. The molecule has 6 heteroatoms. The fourth-order valence-electron chi connectivity index (χ4n) is 2.65. The molecule has 0 aliphatic carbocycles. The van der Waals surface area contributed by atoms with Crippen molar-refractivity contribution in [3.05, 3.63) is 29.8 Å².